The van der Waals surface area contributed by atoms with E-state index in [1.807, 2.05) is 51.3 Å². The Morgan fingerprint density at radius 2 is 1.93 bits per heavy atom. The number of aromatic nitrogens is 4. The number of benzene rings is 1. The van der Waals surface area contributed by atoms with Gasteiger partial charge in [-0.25, -0.2) is 9.50 Å². The molecule has 0 bridgehead atoms. The zero-order chi connectivity index (χ0) is 19.4. The molecule has 3 aromatic rings. The third kappa shape index (κ3) is 4.39. The molecule has 0 spiro atoms. The summed E-state index contributed by atoms with van der Waals surface area (Å²) in [4.78, 5) is 21.0. The first kappa shape index (κ1) is 19.2. The number of nitrogens with zero attached hydrogens (tertiary/aromatic N) is 4. The summed E-state index contributed by atoms with van der Waals surface area (Å²) in [6.07, 6.45) is 2.05. The monoisotopic (exact) mass is 386 g/mol. The molecule has 3 rings (SSSR count). The number of para-hydroxylation sites is 1. The van der Waals surface area contributed by atoms with Crippen LogP contribution in [0.1, 0.15) is 22.5 Å². The van der Waals surface area contributed by atoms with Gasteiger partial charge in [0.05, 0.1) is 6.42 Å². The molecule has 27 heavy (non-hydrogen) atoms. The Morgan fingerprint density at radius 1 is 1.15 bits per heavy atom. The number of carbonyl (C=O) groups is 1. The number of hydrogen-bond donors (Lipinski definition) is 0. The zero-order valence-corrected chi connectivity index (χ0v) is 16.7. The molecule has 0 aliphatic heterocycles. The molecule has 0 aliphatic rings. The molecule has 142 valence electrons. The molecule has 0 fully saturated rings. The Bertz CT molecular complexity index is 971. The van der Waals surface area contributed by atoms with Crippen molar-refractivity contribution < 1.29 is 14.3 Å². The van der Waals surface area contributed by atoms with E-state index in [9.17, 15) is 4.79 Å². The van der Waals surface area contributed by atoms with Crippen molar-refractivity contribution in [2.75, 3.05) is 19.5 Å². The molecular weight excluding hydrogens is 364 g/mol. The van der Waals surface area contributed by atoms with Crippen LogP contribution in [0.3, 0.4) is 0 Å². The van der Waals surface area contributed by atoms with Crippen LogP contribution in [-0.2, 0) is 16.0 Å². The SMILES string of the molecule is CSc1nc2nc(C)c(CC(=O)OCCOc3ccccc3C)c(C)n2n1. The molecule has 2 aromatic heterocycles. The summed E-state index contributed by atoms with van der Waals surface area (Å²) in [7, 11) is 0. The van der Waals surface area contributed by atoms with Gasteiger partial charge in [-0.1, -0.05) is 30.0 Å². The molecule has 0 saturated carbocycles. The van der Waals surface area contributed by atoms with Crippen LogP contribution in [0.5, 0.6) is 5.75 Å². The van der Waals surface area contributed by atoms with E-state index in [2.05, 4.69) is 15.1 Å². The Balaban J connectivity index is 1.60. The van der Waals surface area contributed by atoms with Gasteiger partial charge in [-0.05, 0) is 38.7 Å². The zero-order valence-electron chi connectivity index (χ0n) is 15.9. The quantitative estimate of drug-likeness (QED) is 0.351. The summed E-state index contributed by atoms with van der Waals surface area (Å²) >= 11 is 1.45. The summed E-state index contributed by atoms with van der Waals surface area (Å²) in [5, 5.41) is 5.04. The number of carbonyl (C=O) groups excluding carboxylic acids is 1. The Labute approximate surface area is 162 Å². The van der Waals surface area contributed by atoms with Gasteiger partial charge in [0.2, 0.25) is 5.16 Å². The molecule has 7 nitrogen and oxygen atoms in total. The van der Waals surface area contributed by atoms with Gasteiger partial charge >= 0.3 is 5.97 Å². The third-order valence-electron chi connectivity index (χ3n) is 4.23. The minimum absolute atomic E-state index is 0.138. The first-order chi connectivity index (χ1) is 13.0. The Kier molecular flexibility index (Phi) is 5.95. The second-order valence-electron chi connectivity index (χ2n) is 6.08. The lowest BCUT2D eigenvalue weighted by Crippen LogP contribution is -2.16. The van der Waals surface area contributed by atoms with Gasteiger partial charge in [-0.2, -0.15) is 4.98 Å². The minimum atomic E-state index is -0.319. The summed E-state index contributed by atoms with van der Waals surface area (Å²) in [6.45, 7) is 6.25. The van der Waals surface area contributed by atoms with Crippen LogP contribution >= 0.6 is 11.8 Å². The number of esters is 1. The highest BCUT2D eigenvalue weighted by molar-refractivity contribution is 7.98. The maximum Gasteiger partial charge on any atom is 0.310 e. The van der Waals surface area contributed by atoms with Crippen LogP contribution in [0.15, 0.2) is 29.4 Å². The van der Waals surface area contributed by atoms with Gasteiger partial charge in [0.1, 0.15) is 19.0 Å². The average molecular weight is 386 g/mol. The van der Waals surface area contributed by atoms with E-state index in [1.54, 1.807) is 4.52 Å². The second kappa shape index (κ2) is 8.39. The van der Waals surface area contributed by atoms with Crippen molar-refractivity contribution in [1.82, 2.24) is 19.6 Å². The number of fused-ring (bicyclic) bond motifs is 1. The molecule has 0 saturated heterocycles. The van der Waals surface area contributed by atoms with Gasteiger partial charge in [0.15, 0.2) is 0 Å². The minimum Gasteiger partial charge on any atom is -0.490 e. The number of hydrogen-bond acceptors (Lipinski definition) is 7. The second-order valence-corrected chi connectivity index (χ2v) is 6.86. The fraction of sp³-hybridized carbons (Fsp3) is 0.368. The average Bonchev–Trinajstić information content (AvgIpc) is 3.07. The summed E-state index contributed by atoms with van der Waals surface area (Å²) in [5.41, 5.74) is 3.46. The van der Waals surface area contributed by atoms with Gasteiger partial charge in [0, 0.05) is 17.0 Å². The third-order valence-corrected chi connectivity index (χ3v) is 4.77. The summed E-state index contributed by atoms with van der Waals surface area (Å²) in [6, 6.07) is 7.74. The molecule has 0 aliphatic carbocycles. The number of aryl methyl sites for hydroxylation is 3. The van der Waals surface area contributed by atoms with Crippen LogP contribution in [0.25, 0.3) is 5.78 Å². The van der Waals surface area contributed by atoms with Crippen LogP contribution in [-0.4, -0.2) is 45.0 Å². The molecule has 0 N–H and O–H groups in total. The first-order valence-corrected chi connectivity index (χ1v) is 9.83. The van der Waals surface area contributed by atoms with E-state index < -0.39 is 0 Å². The van der Waals surface area contributed by atoms with Gasteiger partial charge < -0.3 is 9.47 Å². The van der Waals surface area contributed by atoms with E-state index in [4.69, 9.17) is 9.47 Å². The molecule has 0 atom stereocenters. The lowest BCUT2D eigenvalue weighted by atomic mass is 10.1. The fourth-order valence-corrected chi connectivity index (χ4v) is 3.09. The van der Waals surface area contributed by atoms with E-state index in [1.165, 1.54) is 11.8 Å². The highest BCUT2D eigenvalue weighted by atomic mass is 32.2. The standard InChI is InChI=1S/C19H22N4O3S/c1-12-7-5-6-8-16(12)25-9-10-26-17(24)11-15-13(2)20-18-21-19(27-4)22-23(18)14(15)3/h5-8H,9-11H2,1-4H3. The van der Waals surface area contributed by atoms with Crippen molar-refractivity contribution in [3.8, 4) is 5.75 Å². The molecule has 2 heterocycles. The van der Waals surface area contributed by atoms with Crippen LogP contribution < -0.4 is 4.74 Å². The maximum atomic E-state index is 12.2. The van der Waals surface area contributed by atoms with Crippen LogP contribution in [0, 0.1) is 20.8 Å². The van der Waals surface area contributed by atoms with Gasteiger partial charge in [-0.3, -0.25) is 4.79 Å². The van der Waals surface area contributed by atoms with Crippen molar-refractivity contribution in [3.63, 3.8) is 0 Å². The van der Waals surface area contributed by atoms with Crippen molar-refractivity contribution in [2.45, 2.75) is 32.3 Å². The van der Waals surface area contributed by atoms with Gasteiger partial charge in [-0.15, -0.1) is 5.10 Å². The van der Waals surface area contributed by atoms with Gasteiger partial charge in [0.25, 0.3) is 5.78 Å². The van der Waals surface area contributed by atoms with E-state index >= 15 is 0 Å². The largest absolute Gasteiger partial charge is 0.490 e. The molecule has 8 heteroatoms. The fourth-order valence-electron chi connectivity index (χ4n) is 2.75. The molecule has 0 radical (unpaired) electrons. The van der Waals surface area contributed by atoms with Crippen molar-refractivity contribution in [1.29, 1.82) is 0 Å². The molecular formula is C19H22N4O3S. The number of thioether (sulfide) groups is 1. The maximum absolute atomic E-state index is 12.2. The van der Waals surface area contributed by atoms with E-state index in [0.717, 1.165) is 28.3 Å². The van der Waals surface area contributed by atoms with Crippen LogP contribution in [0.2, 0.25) is 0 Å². The lowest BCUT2D eigenvalue weighted by Gasteiger charge is -2.11. The number of rotatable bonds is 7. The topological polar surface area (TPSA) is 78.6 Å². The van der Waals surface area contributed by atoms with Crippen molar-refractivity contribution in [2.24, 2.45) is 0 Å². The van der Waals surface area contributed by atoms with Crippen molar-refractivity contribution in [3.05, 3.63) is 46.8 Å². The molecule has 0 unspecified atom stereocenters. The predicted molar refractivity (Wildman–Crippen MR) is 103 cm³/mol. The summed E-state index contributed by atoms with van der Waals surface area (Å²) < 4.78 is 12.6. The Morgan fingerprint density at radius 3 is 2.67 bits per heavy atom. The molecule has 0 amide bonds. The predicted octanol–water partition coefficient (Wildman–Crippen LogP) is 2.94. The van der Waals surface area contributed by atoms with E-state index in [0.29, 0.717) is 17.5 Å². The normalized spacial score (nSPS) is 11.0. The Hall–Kier alpha value is -2.61. The number of ether oxygens (including phenoxy) is 2. The summed E-state index contributed by atoms with van der Waals surface area (Å²) in [5.74, 6) is 1.02. The highest BCUT2D eigenvalue weighted by Crippen LogP contribution is 2.18. The first-order valence-electron chi connectivity index (χ1n) is 8.60. The highest BCUT2D eigenvalue weighted by Gasteiger charge is 2.16. The smallest absolute Gasteiger partial charge is 0.310 e. The van der Waals surface area contributed by atoms with Crippen molar-refractivity contribution >= 4 is 23.5 Å². The lowest BCUT2D eigenvalue weighted by molar-refractivity contribution is -0.143. The molecule has 1 aromatic carbocycles. The van der Waals surface area contributed by atoms with Crippen LogP contribution in [0.4, 0.5) is 0 Å². The van der Waals surface area contributed by atoms with E-state index in [-0.39, 0.29) is 19.0 Å².